The number of amides is 1. The molecule has 2 bridgehead atoms. The molecule has 1 saturated heterocycles. The van der Waals surface area contributed by atoms with Crippen molar-refractivity contribution in [3.8, 4) is 0 Å². The molecule has 4 rings (SSSR count). The van der Waals surface area contributed by atoms with E-state index in [-0.39, 0.29) is 28.4 Å². The third-order valence-corrected chi connectivity index (χ3v) is 8.57. The van der Waals surface area contributed by atoms with Crippen LogP contribution < -0.4 is 0 Å². The molecule has 2 heterocycles. The van der Waals surface area contributed by atoms with E-state index < -0.39 is 15.9 Å². The number of hydrogen-bond acceptors (Lipinski definition) is 4. The van der Waals surface area contributed by atoms with Crippen molar-refractivity contribution in [2.45, 2.75) is 46.1 Å². The lowest BCUT2D eigenvalue weighted by Gasteiger charge is -2.36. The Balaban J connectivity index is 1.82. The summed E-state index contributed by atoms with van der Waals surface area (Å²) in [4.78, 5) is 12.8. The predicted octanol–water partition coefficient (Wildman–Crippen LogP) is 2.57. The summed E-state index contributed by atoms with van der Waals surface area (Å²) in [6.45, 7) is 6.11. The molecule has 22 heavy (non-hydrogen) atoms. The van der Waals surface area contributed by atoms with Gasteiger partial charge in [0.25, 0.3) is 0 Å². The van der Waals surface area contributed by atoms with Crippen LogP contribution in [0.2, 0.25) is 0 Å². The van der Waals surface area contributed by atoms with Gasteiger partial charge in [0.05, 0.1) is 18.1 Å². The molecule has 1 aromatic heterocycles. The number of carbonyl (C=O) groups excluding carboxylic acids is 1. The summed E-state index contributed by atoms with van der Waals surface area (Å²) in [7, 11) is -3.58. The van der Waals surface area contributed by atoms with E-state index in [1.807, 2.05) is 0 Å². The molecular weight excluding hydrogens is 302 g/mol. The minimum absolute atomic E-state index is 0.0298. The van der Waals surface area contributed by atoms with Gasteiger partial charge in [0.1, 0.15) is 0 Å². The molecule has 3 atom stereocenters. The molecule has 1 spiro atoms. The number of hydrogen-bond donors (Lipinski definition) is 0. The van der Waals surface area contributed by atoms with Gasteiger partial charge in [0.15, 0.2) is 5.76 Å². The largest absolute Gasteiger partial charge is 0.459 e. The SMILES string of the molecule is Cc1ccoc1C(=O)N1[C@@H]2C[C@H]3CC[C@]2(CS1(=O)=O)C3(C)C. The second-order valence-electron chi connectivity index (χ2n) is 7.65. The first kappa shape index (κ1) is 14.3. The van der Waals surface area contributed by atoms with Crippen molar-refractivity contribution in [2.75, 3.05) is 5.75 Å². The Morgan fingerprint density at radius 2 is 2.14 bits per heavy atom. The number of carbonyl (C=O) groups is 1. The van der Waals surface area contributed by atoms with Gasteiger partial charge in [-0.25, -0.2) is 12.7 Å². The average molecular weight is 323 g/mol. The normalized spacial score (nSPS) is 37.5. The smallest absolute Gasteiger partial charge is 0.303 e. The van der Waals surface area contributed by atoms with Crippen LogP contribution in [0.3, 0.4) is 0 Å². The average Bonchev–Trinajstić information content (AvgIpc) is 3.06. The van der Waals surface area contributed by atoms with Crippen molar-refractivity contribution in [1.29, 1.82) is 0 Å². The van der Waals surface area contributed by atoms with Crippen molar-refractivity contribution < 1.29 is 17.6 Å². The third kappa shape index (κ3) is 1.44. The third-order valence-electron chi connectivity index (χ3n) is 6.67. The number of sulfonamides is 1. The van der Waals surface area contributed by atoms with E-state index in [0.717, 1.165) is 23.6 Å². The van der Waals surface area contributed by atoms with E-state index in [4.69, 9.17) is 4.42 Å². The summed E-state index contributed by atoms with van der Waals surface area (Å²) >= 11 is 0. The highest BCUT2D eigenvalue weighted by molar-refractivity contribution is 7.90. The number of rotatable bonds is 1. The topological polar surface area (TPSA) is 67.6 Å². The zero-order valence-electron chi connectivity index (χ0n) is 13.1. The summed E-state index contributed by atoms with van der Waals surface area (Å²) in [5.41, 5.74) is 0.369. The van der Waals surface area contributed by atoms with Crippen LogP contribution in [0.25, 0.3) is 0 Å². The van der Waals surface area contributed by atoms with Gasteiger partial charge in [0.2, 0.25) is 10.0 Å². The Kier molecular flexibility index (Phi) is 2.58. The Hall–Kier alpha value is -1.30. The van der Waals surface area contributed by atoms with Crippen molar-refractivity contribution in [3.63, 3.8) is 0 Å². The van der Waals surface area contributed by atoms with Crippen LogP contribution in [0.15, 0.2) is 16.7 Å². The van der Waals surface area contributed by atoms with E-state index in [1.165, 1.54) is 6.26 Å². The van der Waals surface area contributed by atoms with Crippen LogP contribution in [0, 0.1) is 23.7 Å². The number of fused-ring (bicyclic) bond motifs is 1. The van der Waals surface area contributed by atoms with Crippen molar-refractivity contribution in [3.05, 3.63) is 23.7 Å². The molecule has 120 valence electrons. The Morgan fingerprint density at radius 3 is 2.73 bits per heavy atom. The number of furan rings is 1. The van der Waals surface area contributed by atoms with E-state index >= 15 is 0 Å². The van der Waals surface area contributed by atoms with Crippen LogP contribution in [-0.4, -0.2) is 30.4 Å². The molecule has 3 aliphatic rings. The Morgan fingerprint density at radius 1 is 1.41 bits per heavy atom. The van der Waals surface area contributed by atoms with Gasteiger partial charge < -0.3 is 4.42 Å². The number of aryl methyl sites for hydroxylation is 1. The van der Waals surface area contributed by atoms with Crippen LogP contribution in [-0.2, 0) is 10.0 Å². The molecule has 5 nitrogen and oxygen atoms in total. The van der Waals surface area contributed by atoms with Crippen molar-refractivity contribution >= 4 is 15.9 Å². The quantitative estimate of drug-likeness (QED) is 0.796. The lowest BCUT2D eigenvalue weighted by atomic mass is 9.69. The van der Waals surface area contributed by atoms with E-state index in [9.17, 15) is 13.2 Å². The standard InChI is InChI=1S/C16H21NO4S/c1-10-5-7-21-13(10)14(18)17-12-8-11-4-6-16(12,15(11,2)3)9-22(17,19)20/h5,7,11-12H,4,6,8-9H2,1-3H3/t11-,12-,16-/m1/s1. The summed E-state index contributed by atoms with van der Waals surface area (Å²) < 4.78 is 31.9. The monoisotopic (exact) mass is 323 g/mol. The fraction of sp³-hybridized carbons (Fsp3) is 0.688. The van der Waals surface area contributed by atoms with E-state index in [1.54, 1.807) is 13.0 Å². The molecule has 0 N–H and O–H groups in total. The minimum atomic E-state index is -3.58. The van der Waals surface area contributed by atoms with Gasteiger partial charge in [-0.3, -0.25) is 4.79 Å². The Bertz CT molecular complexity index is 763. The van der Waals surface area contributed by atoms with Crippen LogP contribution in [0.1, 0.15) is 49.2 Å². The molecule has 0 aromatic carbocycles. The molecule has 2 aliphatic carbocycles. The first-order valence-corrected chi connectivity index (χ1v) is 9.42. The maximum absolute atomic E-state index is 12.8. The van der Waals surface area contributed by atoms with Crippen molar-refractivity contribution in [1.82, 2.24) is 4.31 Å². The second-order valence-corrected chi connectivity index (χ2v) is 9.50. The maximum Gasteiger partial charge on any atom is 0.303 e. The zero-order valence-corrected chi connectivity index (χ0v) is 13.9. The molecule has 6 heteroatoms. The molecule has 0 unspecified atom stereocenters. The predicted molar refractivity (Wildman–Crippen MR) is 80.7 cm³/mol. The van der Waals surface area contributed by atoms with Gasteiger partial charge in [-0.1, -0.05) is 13.8 Å². The molecule has 1 amide bonds. The van der Waals surface area contributed by atoms with Gasteiger partial charge in [-0.15, -0.1) is 0 Å². The minimum Gasteiger partial charge on any atom is -0.459 e. The van der Waals surface area contributed by atoms with Crippen LogP contribution in [0.4, 0.5) is 0 Å². The fourth-order valence-electron chi connectivity index (χ4n) is 5.25. The summed E-state index contributed by atoms with van der Waals surface area (Å²) in [5.74, 6) is 0.259. The molecular formula is C16H21NO4S. The summed E-state index contributed by atoms with van der Waals surface area (Å²) in [6, 6.07) is 1.49. The molecule has 0 radical (unpaired) electrons. The summed E-state index contributed by atoms with van der Waals surface area (Å²) in [5, 5.41) is 0. The fourth-order valence-corrected chi connectivity index (χ4v) is 7.76. The first-order valence-electron chi connectivity index (χ1n) is 7.81. The number of nitrogens with zero attached hydrogens (tertiary/aromatic N) is 1. The van der Waals surface area contributed by atoms with E-state index in [0.29, 0.717) is 11.5 Å². The van der Waals surface area contributed by atoms with Gasteiger partial charge in [-0.2, -0.15) is 0 Å². The molecule has 1 aliphatic heterocycles. The Labute approximate surface area is 130 Å². The van der Waals surface area contributed by atoms with Gasteiger partial charge in [-0.05, 0) is 43.6 Å². The van der Waals surface area contributed by atoms with Crippen LogP contribution >= 0.6 is 0 Å². The molecule has 3 fully saturated rings. The maximum atomic E-state index is 12.8. The lowest BCUT2D eigenvalue weighted by Crippen LogP contribution is -2.44. The first-order chi connectivity index (χ1) is 10.2. The van der Waals surface area contributed by atoms with Gasteiger partial charge >= 0.3 is 5.91 Å². The van der Waals surface area contributed by atoms with Crippen LogP contribution in [0.5, 0.6) is 0 Å². The molecule has 1 aromatic rings. The van der Waals surface area contributed by atoms with Gasteiger partial charge in [0, 0.05) is 11.0 Å². The highest BCUT2D eigenvalue weighted by atomic mass is 32.2. The molecule has 2 saturated carbocycles. The zero-order chi connectivity index (χ0) is 15.9. The highest BCUT2D eigenvalue weighted by Crippen LogP contribution is 2.70. The van der Waals surface area contributed by atoms with E-state index in [2.05, 4.69) is 13.8 Å². The summed E-state index contributed by atoms with van der Waals surface area (Å²) in [6.07, 6.45) is 4.19. The van der Waals surface area contributed by atoms with Crippen molar-refractivity contribution in [2.24, 2.45) is 16.7 Å². The highest BCUT2D eigenvalue weighted by Gasteiger charge is 2.72. The second kappa shape index (κ2) is 3.96. The lowest BCUT2D eigenvalue weighted by molar-refractivity contribution is 0.0672.